The van der Waals surface area contributed by atoms with Crippen LogP contribution in [0.2, 0.25) is 0 Å². The number of fused-ring (bicyclic) bond motifs is 1. The Labute approximate surface area is 191 Å². The van der Waals surface area contributed by atoms with Crippen LogP contribution < -0.4 is 5.32 Å². The van der Waals surface area contributed by atoms with Gasteiger partial charge in [0.2, 0.25) is 11.8 Å². The fraction of sp³-hybridized carbons (Fsp3) is 0.400. The van der Waals surface area contributed by atoms with Crippen molar-refractivity contribution < 1.29 is 23.9 Å². The molecule has 3 aliphatic heterocycles. The van der Waals surface area contributed by atoms with Crippen molar-refractivity contribution in [3.63, 3.8) is 0 Å². The first-order valence-electron chi connectivity index (χ1n) is 11.4. The number of benzene rings is 2. The molecule has 0 radical (unpaired) electrons. The maximum atomic E-state index is 15.1. The minimum Gasteiger partial charge on any atom is -0.508 e. The van der Waals surface area contributed by atoms with E-state index in [2.05, 4.69) is 10.2 Å². The average Bonchev–Trinajstić information content (AvgIpc) is 3.09. The molecule has 3 heterocycles. The Kier molecular flexibility index (Phi) is 5.62. The molecule has 3 amide bonds. The van der Waals surface area contributed by atoms with Gasteiger partial charge in [0.25, 0.3) is 5.91 Å². The van der Waals surface area contributed by atoms with Gasteiger partial charge in [-0.2, -0.15) is 0 Å². The van der Waals surface area contributed by atoms with E-state index in [1.165, 1.54) is 11.0 Å². The number of halogens is 1. The van der Waals surface area contributed by atoms with Crippen molar-refractivity contribution in [1.29, 1.82) is 0 Å². The maximum absolute atomic E-state index is 15.1. The van der Waals surface area contributed by atoms with Crippen molar-refractivity contribution in [3.8, 4) is 5.75 Å². The highest BCUT2D eigenvalue weighted by atomic mass is 19.1. The minimum atomic E-state index is -0.699. The van der Waals surface area contributed by atoms with E-state index in [0.29, 0.717) is 11.1 Å². The molecule has 7 nitrogen and oxygen atoms in total. The van der Waals surface area contributed by atoms with Gasteiger partial charge in [0.15, 0.2) is 0 Å². The number of hydrogen-bond acceptors (Lipinski definition) is 5. The Morgan fingerprint density at radius 1 is 1.06 bits per heavy atom. The summed E-state index contributed by atoms with van der Waals surface area (Å²) in [5.41, 5.74) is 2.72. The van der Waals surface area contributed by atoms with Crippen LogP contribution in [0.3, 0.4) is 0 Å². The summed E-state index contributed by atoms with van der Waals surface area (Å²) in [5.74, 6) is -1.21. The smallest absolute Gasteiger partial charge is 0.255 e. The van der Waals surface area contributed by atoms with Crippen molar-refractivity contribution in [3.05, 3.63) is 64.5 Å². The number of amides is 3. The second-order valence-electron chi connectivity index (χ2n) is 9.15. The number of carbonyl (C=O) groups excluding carboxylic acids is 3. The van der Waals surface area contributed by atoms with Gasteiger partial charge in [-0.3, -0.25) is 24.6 Å². The van der Waals surface area contributed by atoms with Gasteiger partial charge in [-0.15, -0.1) is 0 Å². The fourth-order valence-corrected chi connectivity index (χ4v) is 5.24. The van der Waals surface area contributed by atoms with Crippen molar-refractivity contribution in [2.24, 2.45) is 0 Å². The van der Waals surface area contributed by atoms with Gasteiger partial charge in [0, 0.05) is 25.1 Å². The molecule has 3 aliphatic rings. The lowest BCUT2D eigenvalue weighted by Gasteiger charge is -2.32. The lowest BCUT2D eigenvalue weighted by Crippen LogP contribution is -2.52. The van der Waals surface area contributed by atoms with Gasteiger partial charge < -0.3 is 10.0 Å². The Morgan fingerprint density at radius 2 is 1.85 bits per heavy atom. The molecule has 2 fully saturated rings. The van der Waals surface area contributed by atoms with Crippen LogP contribution in [0.5, 0.6) is 5.75 Å². The molecule has 5 rings (SSSR count). The number of nitrogens with one attached hydrogen (secondary N) is 1. The van der Waals surface area contributed by atoms with E-state index in [9.17, 15) is 19.5 Å². The number of nitrogens with zero attached hydrogens (tertiary/aromatic N) is 2. The zero-order valence-corrected chi connectivity index (χ0v) is 18.2. The lowest BCUT2D eigenvalue weighted by molar-refractivity contribution is -0.136. The molecule has 0 spiro atoms. The normalized spacial score (nSPS) is 21.9. The molecule has 0 aliphatic carbocycles. The fourth-order valence-electron chi connectivity index (χ4n) is 5.24. The van der Waals surface area contributed by atoms with Gasteiger partial charge in [-0.25, -0.2) is 4.39 Å². The molecular formula is C25H26FN3O4. The van der Waals surface area contributed by atoms with Crippen LogP contribution >= 0.6 is 0 Å². The van der Waals surface area contributed by atoms with Gasteiger partial charge >= 0.3 is 0 Å². The van der Waals surface area contributed by atoms with Crippen LogP contribution in [0.4, 0.5) is 4.39 Å². The topological polar surface area (TPSA) is 90.0 Å². The van der Waals surface area contributed by atoms with E-state index in [1.54, 1.807) is 18.2 Å². The molecule has 8 heteroatoms. The highest BCUT2D eigenvalue weighted by Crippen LogP contribution is 2.35. The van der Waals surface area contributed by atoms with Crippen molar-refractivity contribution in [1.82, 2.24) is 15.1 Å². The third-order valence-corrected chi connectivity index (χ3v) is 6.98. The van der Waals surface area contributed by atoms with Crippen LogP contribution in [-0.4, -0.2) is 51.8 Å². The quantitative estimate of drug-likeness (QED) is 0.698. The van der Waals surface area contributed by atoms with Gasteiger partial charge in [0.1, 0.15) is 17.6 Å². The summed E-state index contributed by atoms with van der Waals surface area (Å²) in [5, 5.41) is 12.0. The predicted molar refractivity (Wildman–Crippen MR) is 118 cm³/mol. The standard InChI is InChI=1S/C25H26FN3O4/c26-21-12-20-17(14-29(25(20)33)22-4-5-23(31)27-24(22)32)11-19(21)16-6-8-28(9-7-16)13-15-2-1-3-18(30)10-15/h1-3,10-12,16,22,30H,4-9,13-14H2,(H,27,31,32). The molecule has 1 atom stereocenters. The number of piperidine rings is 2. The number of carbonyl (C=O) groups is 3. The summed E-state index contributed by atoms with van der Waals surface area (Å²) in [7, 11) is 0. The number of rotatable bonds is 4. The number of imide groups is 1. The Hall–Kier alpha value is -3.26. The van der Waals surface area contributed by atoms with E-state index < -0.39 is 11.9 Å². The second-order valence-corrected chi connectivity index (χ2v) is 9.15. The number of aromatic hydroxyl groups is 1. The molecular weight excluding hydrogens is 425 g/mol. The molecule has 2 N–H and O–H groups in total. The molecule has 1 unspecified atom stereocenters. The SMILES string of the molecule is O=C1CCC(N2Cc3cc(C4CCN(Cc5cccc(O)c5)CC4)c(F)cc3C2=O)C(=O)N1. The average molecular weight is 451 g/mol. The van der Waals surface area contributed by atoms with Gasteiger partial charge in [0.05, 0.1) is 0 Å². The first kappa shape index (κ1) is 21.6. The Balaban J connectivity index is 1.27. The number of phenols is 1. The summed E-state index contributed by atoms with van der Waals surface area (Å²) in [6, 6.07) is 9.64. The summed E-state index contributed by atoms with van der Waals surface area (Å²) < 4.78 is 15.1. The Bertz CT molecular complexity index is 1130. The minimum absolute atomic E-state index is 0.0653. The van der Waals surface area contributed by atoms with Crippen LogP contribution in [0.15, 0.2) is 36.4 Å². The number of phenolic OH excluding ortho intramolecular Hbond substituents is 1. The first-order chi connectivity index (χ1) is 15.9. The van der Waals surface area contributed by atoms with E-state index in [0.717, 1.165) is 43.6 Å². The second kappa shape index (κ2) is 8.59. The highest BCUT2D eigenvalue weighted by Gasteiger charge is 2.40. The van der Waals surface area contributed by atoms with Crippen LogP contribution in [0.1, 0.15) is 58.6 Å². The van der Waals surface area contributed by atoms with E-state index >= 15 is 4.39 Å². The van der Waals surface area contributed by atoms with E-state index in [4.69, 9.17) is 0 Å². The summed E-state index contributed by atoms with van der Waals surface area (Å²) in [6.07, 6.45) is 2.09. The molecule has 172 valence electrons. The van der Waals surface area contributed by atoms with Crippen LogP contribution in [0, 0.1) is 5.82 Å². The van der Waals surface area contributed by atoms with Crippen molar-refractivity contribution >= 4 is 17.7 Å². The summed E-state index contributed by atoms with van der Waals surface area (Å²) in [4.78, 5) is 40.3. The third-order valence-electron chi connectivity index (χ3n) is 6.98. The monoisotopic (exact) mass is 451 g/mol. The van der Waals surface area contributed by atoms with Gasteiger partial charge in [-0.1, -0.05) is 18.2 Å². The zero-order chi connectivity index (χ0) is 23.1. The molecule has 0 aromatic heterocycles. The van der Waals surface area contributed by atoms with Crippen LogP contribution in [-0.2, 0) is 22.7 Å². The number of hydrogen-bond donors (Lipinski definition) is 2. The number of likely N-dealkylation sites (tertiary alicyclic amines) is 1. The predicted octanol–water partition coefficient (Wildman–Crippen LogP) is 2.67. The van der Waals surface area contributed by atoms with Crippen molar-refractivity contribution in [2.45, 2.75) is 50.7 Å². The highest BCUT2D eigenvalue weighted by molar-refractivity contribution is 6.05. The zero-order valence-electron chi connectivity index (χ0n) is 18.2. The Morgan fingerprint density at radius 3 is 2.58 bits per heavy atom. The molecule has 0 bridgehead atoms. The largest absolute Gasteiger partial charge is 0.508 e. The molecule has 2 saturated heterocycles. The summed E-state index contributed by atoms with van der Waals surface area (Å²) in [6.45, 7) is 2.63. The van der Waals surface area contributed by atoms with E-state index in [1.807, 2.05) is 12.1 Å². The summed E-state index contributed by atoms with van der Waals surface area (Å²) >= 11 is 0. The molecule has 2 aromatic carbocycles. The van der Waals surface area contributed by atoms with Gasteiger partial charge in [-0.05, 0) is 73.2 Å². The first-order valence-corrected chi connectivity index (χ1v) is 11.4. The molecule has 0 saturated carbocycles. The van der Waals surface area contributed by atoms with Crippen molar-refractivity contribution in [2.75, 3.05) is 13.1 Å². The maximum Gasteiger partial charge on any atom is 0.255 e. The van der Waals surface area contributed by atoms with Crippen LogP contribution in [0.25, 0.3) is 0 Å². The van der Waals surface area contributed by atoms with E-state index in [-0.39, 0.29) is 48.7 Å². The molecule has 33 heavy (non-hydrogen) atoms. The third kappa shape index (κ3) is 4.23. The molecule has 2 aromatic rings. The lowest BCUT2D eigenvalue weighted by atomic mass is 9.87.